The second-order valence-electron chi connectivity index (χ2n) is 5.13. The van der Waals surface area contributed by atoms with Crippen molar-refractivity contribution in [3.63, 3.8) is 0 Å². The Morgan fingerprint density at radius 3 is 2.75 bits per heavy atom. The van der Waals surface area contributed by atoms with Gasteiger partial charge in [0.25, 0.3) is 0 Å². The van der Waals surface area contributed by atoms with E-state index in [0.717, 1.165) is 11.1 Å². The van der Waals surface area contributed by atoms with Crippen molar-refractivity contribution in [2.45, 2.75) is 20.3 Å². The Labute approximate surface area is 118 Å². The Kier molecular flexibility index (Phi) is 3.11. The zero-order valence-corrected chi connectivity index (χ0v) is 11.6. The molecule has 0 spiro atoms. The zero-order valence-electron chi connectivity index (χ0n) is 11.6. The Morgan fingerprint density at radius 2 is 2.00 bits per heavy atom. The summed E-state index contributed by atoms with van der Waals surface area (Å²) in [6, 6.07) is 10.5. The van der Waals surface area contributed by atoms with Gasteiger partial charge in [-0.2, -0.15) is 0 Å². The van der Waals surface area contributed by atoms with Gasteiger partial charge in [0.05, 0.1) is 6.42 Å². The minimum atomic E-state index is 0.0354. The van der Waals surface area contributed by atoms with Gasteiger partial charge in [-0.25, -0.2) is 4.98 Å². The fourth-order valence-electron chi connectivity index (χ4n) is 2.66. The van der Waals surface area contributed by atoms with Crippen molar-refractivity contribution in [2.24, 2.45) is 0 Å². The first-order chi connectivity index (χ1) is 9.65. The summed E-state index contributed by atoms with van der Waals surface area (Å²) >= 11 is 0. The molecule has 0 saturated heterocycles. The first-order valence-corrected chi connectivity index (χ1v) is 6.65. The molecule has 20 heavy (non-hydrogen) atoms. The van der Waals surface area contributed by atoms with Gasteiger partial charge in [-0.05, 0) is 36.1 Å². The van der Waals surface area contributed by atoms with E-state index in [4.69, 9.17) is 0 Å². The predicted octanol–water partition coefficient (Wildman–Crippen LogP) is 3.49. The van der Waals surface area contributed by atoms with E-state index in [9.17, 15) is 4.79 Å². The molecule has 0 atom stereocenters. The van der Waals surface area contributed by atoms with Crippen LogP contribution in [0.1, 0.15) is 21.5 Å². The van der Waals surface area contributed by atoms with Gasteiger partial charge in [-0.3, -0.25) is 9.36 Å². The molecular formula is C17H16N2O. The standard InChI is InChI=1S/C17H16N2O/c1-12-8-13(2)15-4-3-5-16(15)14(9-12)10-17(20)19-7-6-18-11-19/h3-9,11H,10H2,1-2H3. The number of hydrogen-bond acceptors (Lipinski definition) is 2. The summed E-state index contributed by atoms with van der Waals surface area (Å²) in [5.74, 6) is 0.0354. The van der Waals surface area contributed by atoms with E-state index >= 15 is 0 Å². The Balaban J connectivity index is 2.04. The van der Waals surface area contributed by atoms with E-state index in [2.05, 4.69) is 43.1 Å². The maximum absolute atomic E-state index is 12.3. The normalized spacial score (nSPS) is 10.9. The quantitative estimate of drug-likeness (QED) is 0.710. The van der Waals surface area contributed by atoms with Gasteiger partial charge in [0.1, 0.15) is 6.33 Å². The van der Waals surface area contributed by atoms with Crippen molar-refractivity contribution < 1.29 is 4.79 Å². The van der Waals surface area contributed by atoms with Gasteiger partial charge in [0.2, 0.25) is 5.91 Å². The molecule has 0 amide bonds. The lowest BCUT2D eigenvalue weighted by atomic mass is 10.0. The number of carbonyl (C=O) groups excluding carboxylic acids is 1. The molecular weight excluding hydrogens is 248 g/mol. The van der Waals surface area contributed by atoms with Crippen LogP contribution >= 0.6 is 0 Å². The maximum atomic E-state index is 12.3. The van der Waals surface area contributed by atoms with Crippen LogP contribution in [0.3, 0.4) is 0 Å². The molecule has 0 N–H and O–H groups in total. The maximum Gasteiger partial charge on any atom is 0.236 e. The molecule has 1 aromatic rings. The number of nitrogens with zero attached hydrogens (tertiary/aromatic N) is 2. The largest absolute Gasteiger partial charge is 0.276 e. The summed E-state index contributed by atoms with van der Waals surface area (Å²) in [7, 11) is 0. The number of aromatic nitrogens is 2. The summed E-state index contributed by atoms with van der Waals surface area (Å²) in [4.78, 5) is 16.2. The highest BCUT2D eigenvalue weighted by Gasteiger charge is 2.13. The highest BCUT2D eigenvalue weighted by Crippen LogP contribution is 2.30. The highest BCUT2D eigenvalue weighted by atomic mass is 16.2. The molecule has 0 saturated carbocycles. The monoisotopic (exact) mass is 264 g/mol. The summed E-state index contributed by atoms with van der Waals surface area (Å²) < 4.78 is 1.53. The SMILES string of the molecule is Cc1cc(C)c2cccc-2c(CC(=O)n2ccnc2)c1. The summed E-state index contributed by atoms with van der Waals surface area (Å²) in [5, 5.41) is 0. The highest BCUT2D eigenvalue weighted by molar-refractivity contribution is 5.84. The van der Waals surface area contributed by atoms with Crippen LogP contribution in [0.15, 0.2) is 49.1 Å². The number of rotatable bonds is 2. The summed E-state index contributed by atoms with van der Waals surface area (Å²) in [5.41, 5.74) is 5.85. The van der Waals surface area contributed by atoms with Crippen molar-refractivity contribution in [3.05, 3.63) is 65.7 Å². The molecule has 3 heteroatoms. The van der Waals surface area contributed by atoms with E-state index < -0.39 is 0 Å². The third-order valence-electron chi connectivity index (χ3n) is 3.57. The Hall–Kier alpha value is -2.42. The van der Waals surface area contributed by atoms with Crippen LogP contribution in [0, 0.1) is 13.8 Å². The van der Waals surface area contributed by atoms with E-state index in [-0.39, 0.29) is 5.91 Å². The average Bonchev–Trinajstić information content (AvgIpc) is 3.07. The molecule has 0 radical (unpaired) electrons. The van der Waals surface area contributed by atoms with Gasteiger partial charge in [-0.1, -0.05) is 35.9 Å². The van der Waals surface area contributed by atoms with Crippen LogP contribution < -0.4 is 0 Å². The molecule has 0 unspecified atom stereocenters. The number of imidazole rings is 1. The molecule has 1 heterocycles. The molecule has 3 rings (SSSR count). The smallest absolute Gasteiger partial charge is 0.236 e. The van der Waals surface area contributed by atoms with Crippen LogP contribution in [0.4, 0.5) is 0 Å². The third-order valence-corrected chi connectivity index (χ3v) is 3.57. The second-order valence-corrected chi connectivity index (χ2v) is 5.13. The lowest BCUT2D eigenvalue weighted by molar-refractivity contribution is 0.0914. The zero-order chi connectivity index (χ0) is 14.1. The molecule has 1 aromatic heterocycles. The lowest BCUT2D eigenvalue weighted by Crippen LogP contribution is -2.11. The first-order valence-electron chi connectivity index (χ1n) is 6.65. The minimum absolute atomic E-state index is 0.0354. The van der Waals surface area contributed by atoms with Crippen molar-refractivity contribution in [1.29, 1.82) is 0 Å². The van der Waals surface area contributed by atoms with Crippen LogP contribution in [-0.4, -0.2) is 15.5 Å². The van der Waals surface area contributed by atoms with E-state index in [1.54, 1.807) is 18.7 Å². The van der Waals surface area contributed by atoms with Crippen LogP contribution in [0.2, 0.25) is 0 Å². The average molecular weight is 264 g/mol. The van der Waals surface area contributed by atoms with Crippen molar-refractivity contribution >= 4 is 5.91 Å². The van der Waals surface area contributed by atoms with Gasteiger partial charge < -0.3 is 0 Å². The fraction of sp³-hybridized carbons (Fsp3) is 0.176. The summed E-state index contributed by atoms with van der Waals surface area (Å²) in [6.45, 7) is 4.17. The predicted molar refractivity (Wildman–Crippen MR) is 79.1 cm³/mol. The molecule has 0 bridgehead atoms. The minimum Gasteiger partial charge on any atom is -0.276 e. The molecule has 0 aromatic carbocycles. The number of fused-ring (bicyclic) bond motifs is 1. The second kappa shape index (κ2) is 4.93. The van der Waals surface area contributed by atoms with Gasteiger partial charge in [-0.15, -0.1) is 0 Å². The number of aryl methyl sites for hydroxylation is 2. The van der Waals surface area contributed by atoms with Gasteiger partial charge in [0.15, 0.2) is 0 Å². The molecule has 2 aliphatic rings. The van der Waals surface area contributed by atoms with Crippen LogP contribution in [-0.2, 0) is 6.42 Å². The fourth-order valence-corrected chi connectivity index (χ4v) is 2.66. The molecule has 3 nitrogen and oxygen atoms in total. The Bertz CT molecular complexity index is 729. The lowest BCUT2D eigenvalue weighted by Gasteiger charge is -2.05. The Morgan fingerprint density at radius 1 is 1.20 bits per heavy atom. The molecule has 2 aliphatic carbocycles. The van der Waals surface area contributed by atoms with Crippen molar-refractivity contribution in [3.8, 4) is 11.1 Å². The third kappa shape index (κ3) is 2.23. The molecule has 100 valence electrons. The van der Waals surface area contributed by atoms with E-state index in [0.29, 0.717) is 6.42 Å². The van der Waals surface area contributed by atoms with Gasteiger partial charge in [0, 0.05) is 12.4 Å². The first kappa shape index (κ1) is 12.6. The van der Waals surface area contributed by atoms with Crippen molar-refractivity contribution in [2.75, 3.05) is 0 Å². The van der Waals surface area contributed by atoms with Crippen molar-refractivity contribution in [1.82, 2.24) is 9.55 Å². The van der Waals surface area contributed by atoms with E-state index in [1.165, 1.54) is 21.3 Å². The number of carbonyl (C=O) groups is 1. The number of hydrogen-bond donors (Lipinski definition) is 0. The molecule has 0 aliphatic heterocycles. The summed E-state index contributed by atoms with van der Waals surface area (Å²) in [6.07, 6.45) is 5.24. The van der Waals surface area contributed by atoms with Crippen LogP contribution in [0.25, 0.3) is 11.1 Å². The van der Waals surface area contributed by atoms with Gasteiger partial charge >= 0.3 is 0 Å². The van der Waals surface area contributed by atoms with Crippen LogP contribution in [0.5, 0.6) is 0 Å². The topological polar surface area (TPSA) is 34.9 Å². The molecule has 0 fully saturated rings. The van der Waals surface area contributed by atoms with E-state index in [1.807, 2.05) is 6.07 Å².